The van der Waals surface area contributed by atoms with E-state index in [2.05, 4.69) is 40.1 Å². The van der Waals surface area contributed by atoms with Gasteiger partial charge in [-0.1, -0.05) is 62.4 Å². The molecule has 2 aliphatic rings. The van der Waals surface area contributed by atoms with Gasteiger partial charge in [-0.2, -0.15) is 0 Å². The Labute approximate surface area is 147 Å². The molecule has 0 aromatic heterocycles. The minimum Gasteiger partial charge on any atom is -0.396 e. The van der Waals surface area contributed by atoms with Crippen LogP contribution in [0.2, 0.25) is 0 Å². The summed E-state index contributed by atoms with van der Waals surface area (Å²) in [5.41, 5.74) is 1.39. The molecule has 0 amide bonds. The molecule has 0 bridgehead atoms. The number of benzene rings is 1. The van der Waals surface area contributed by atoms with Crippen LogP contribution < -0.4 is 0 Å². The molecule has 1 saturated heterocycles. The van der Waals surface area contributed by atoms with E-state index < -0.39 is 0 Å². The largest absolute Gasteiger partial charge is 0.396 e. The van der Waals surface area contributed by atoms with Crippen LogP contribution in [0.3, 0.4) is 0 Å². The van der Waals surface area contributed by atoms with E-state index in [1.807, 2.05) is 0 Å². The highest BCUT2D eigenvalue weighted by Crippen LogP contribution is 2.25. The Morgan fingerprint density at radius 1 is 0.917 bits per heavy atom. The third-order valence-electron chi connectivity index (χ3n) is 5.92. The van der Waals surface area contributed by atoms with Gasteiger partial charge in [-0.15, -0.1) is 0 Å². The SMILES string of the molecule is OCC[C@H]1CN(C2CCCCCCC2)CCN1Cc1ccccc1. The van der Waals surface area contributed by atoms with Crippen LogP contribution in [0.5, 0.6) is 0 Å². The van der Waals surface area contributed by atoms with E-state index >= 15 is 0 Å². The summed E-state index contributed by atoms with van der Waals surface area (Å²) >= 11 is 0. The molecule has 3 heteroatoms. The van der Waals surface area contributed by atoms with Crippen molar-refractivity contribution in [3.05, 3.63) is 35.9 Å². The minimum atomic E-state index is 0.300. The van der Waals surface area contributed by atoms with E-state index in [9.17, 15) is 5.11 Å². The van der Waals surface area contributed by atoms with Gasteiger partial charge < -0.3 is 5.11 Å². The molecule has 3 nitrogen and oxygen atoms in total. The van der Waals surface area contributed by atoms with Crippen LogP contribution in [-0.4, -0.2) is 53.2 Å². The molecule has 1 aromatic rings. The average molecular weight is 331 g/mol. The average Bonchev–Trinajstić information content (AvgIpc) is 2.58. The maximum Gasteiger partial charge on any atom is 0.0446 e. The summed E-state index contributed by atoms with van der Waals surface area (Å²) in [7, 11) is 0. The van der Waals surface area contributed by atoms with Crippen LogP contribution in [-0.2, 0) is 6.54 Å². The van der Waals surface area contributed by atoms with Gasteiger partial charge in [0, 0.05) is 44.9 Å². The summed E-state index contributed by atoms with van der Waals surface area (Å²) in [6, 6.07) is 12.1. The van der Waals surface area contributed by atoms with Crippen molar-refractivity contribution >= 4 is 0 Å². The van der Waals surface area contributed by atoms with Gasteiger partial charge >= 0.3 is 0 Å². The second-order valence-electron chi connectivity index (χ2n) is 7.62. The highest BCUT2D eigenvalue weighted by molar-refractivity contribution is 5.14. The molecule has 0 spiro atoms. The molecule has 24 heavy (non-hydrogen) atoms. The number of aliphatic hydroxyl groups excluding tert-OH is 1. The van der Waals surface area contributed by atoms with Crippen molar-refractivity contribution in [2.24, 2.45) is 0 Å². The Hall–Kier alpha value is -0.900. The number of hydrogen-bond acceptors (Lipinski definition) is 3. The van der Waals surface area contributed by atoms with Crippen molar-refractivity contribution in [3.8, 4) is 0 Å². The summed E-state index contributed by atoms with van der Waals surface area (Å²) in [5, 5.41) is 9.54. The van der Waals surface area contributed by atoms with Crippen LogP contribution in [0, 0.1) is 0 Å². The van der Waals surface area contributed by atoms with Crippen molar-refractivity contribution in [2.75, 3.05) is 26.2 Å². The van der Waals surface area contributed by atoms with Gasteiger partial charge in [-0.05, 0) is 24.8 Å². The standard InChI is InChI=1S/C21H34N2O/c24-16-13-21-18-23(20-11-7-2-1-3-8-12-20)15-14-22(21)17-19-9-5-4-6-10-19/h4-6,9-10,20-21,24H,1-3,7-8,11-18H2/t21-/m0/s1. The van der Waals surface area contributed by atoms with Crippen molar-refractivity contribution in [1.29, 1.82) is 0 Å². The zero-order chi connectivity index (χ0) is 16.6. The normalized spacial score (nSPS) is 25.3. The summed E-state index contributed by atoms with van der Waals surface area (Å²) in [5.74, 6) is 0. The van der Waals surface area contributed by atoms with Crippen molar-refractivity contribution in [2.45, 2.75) is 70.0 Å². The third kappa shape index (κ3) is 5.05. The second-order valence-corrected chi connectivity index (χ2v) is 7.62. The Balaban J connectivity index is 1.59. The predicted molar refractivity (Wildman–Crippen MR) is 100 cm³/mol. The van der Waals surface area contributed by atoms with Crippen LogP contribution >= 0.6 is 0 Å². The van der Waals surface area contributed by atoms with E-state index in [0.717, 1.165) is 32.1 Å². The molecule has 2 fully saturated rings. The lowest BCUT2D eigenvalue weighted by molar-refractivity contribution is 0.0249. The van der Waals surface area contributed by atoms with Gasteiger partial charge in [0.1, 0.15) is 0 Å². The Kier molecular flexibility index (Phi) is 7.13. The Bertz CT molecular complexity index is 456. The van der Waals surface area contributed by atoms with E-state index in [1.165, 1.54) is 57.1 Å². The first kappa shape index (κ1) is 17.9. The minimum absolute atomic E-state index is 0.300. The van der Waals surface area contributed by atoms with Crippen LogP contribution in [0.1, 0.15) is 56.9 Å². The van der Waals surface area contributed by atoms with Gasteiger partial charge in [-0.3, -0.25) is 9.80 Å². The van der Waals surface area contributed by atoms with E-state index in [1.54, 1.807) is 0 Å². The summed E-state index contributed by atoms with van der Waals surface area (Å²) < 4.78 is 0. The Morgan fingerprint density at radius 2 is 1.62 bits per heavy atom. The Morgan fingerprint density at radius 3 is 2.33 bits per heavy atom. The molecule has 0 unspecified atom stereocenters. The second kappa shape index (κ2) is 9.55. The van der Waals surface area contributed by atoms with Crippen molar-refractivity contribution < 1.29 is 5.11 Å². The summed E-state index contributed by atoms with van der Waals surface area (Å²) in [6.07, 6.45) is 10.7. The quantitative estimate of drug-likeness (QED) is 0.892. The van der Waals surface area contributed by atoms with Gasteiger partial charge in [0.05, 0.1) is 0 Å². The number of hydrogen-bond donors (Lipinski definition) is 1. The van der Waals surface area contributed by atoms with Crippen LogP contribution in [0.4, 0.5) is 0 Å². The summed E-state index contributed by atoms with van der Waals surface area (Å²) in [4.78, 5) is 5.33. The fourth-order valence-electron chi connectivity index (χ4n) is 4.50. The predicted octanol–water partition coefficient (Wildman–Crippen LogP) is 3.67. The zero-order valence-electron chi connectivity index (χ0n) is 15.1. The first-order valence-corrected chi connectivity index (χ1v) is 9.99. The lowest BCUT2D eigenvalue weighted by Gasteiger charge is -2.45. The number of rotatable bonds is 5. The summed E-state index contributed by atoms with van der Waals surface area (Å²) in [6.45, 7) is 4.78. The van der Waals surface area contributed by atoms with Gasteiger partial charge in [0.15, 0.2) is 0 Å². The molecule has 134 valence electrons. The molecule has 1 aliphatic carbocycles. The third-order valence-corrected chi connectivity index (χ3v) is 5.92. The van der Waals surface area contributed by atoms with Gasteiger partial charge in [0.2, 0.25) is 0 Å². The zero-order valence-corrected chi connectivity index (χ0v) is 15.1. The lowest BCUT2D eigenvalue weighted by atomic mass is 9.94. The fourth-order valence-corrected chi connectivity index (χ4v) is 4.50. The molecular formula is C21H34N2O. The highest BCUT2D eigenvalue weighted by Gasteiger charge is 2.30. The van der Waals surface area contributed by atoms with Crippen molar-refractivity contribution in [3.63, 3.8) is 0 Å². The number of piperazine rings is 1. The highest BCUT2D eigenvalue weighted by atomic mass is 16.3. The lowest BCUT2D eigenvalue weighted by Crippen LogP contribution is -2.55. The van der Waals surface area contributed by atoms with Crippen LogP contribution in [0.25, 0.3) is 0 Å². The number of nitrogens with zero attached hydrogens (tertiary/aromatic N) is 2. The molecule has 0 radical (unpaired) electrons. The molecule has 1 saturated carbocycles. The molecule has 1 atom stereocenters. The molecular weight excluding hydrogens is 296 g/mol. The molecule has 1 heterocycles. The smallest absolute Gasteiger partial charge is 0.0446 e. The molecule has 1 aliphatic heterocycles. The number of aliphatic hydroxyl groups is 1. The molecule has 1 aromatic carbocycles. The van der Waals surface area contributed by atoms with E-state index in [-0.39, 0.29) is 0 Å². The van der Waals surface area contributed by atoms with Gasteiger partial charge in [0.25, 0.3) is 0 Å². The fraction of sp³-hybridized carbons (Fsp3) is 0.714. The first-order valence-electron chi connectivity index (χ1n) is 9.99. The van der Waals surface area contributed by atoms with E-state index in [0.29, 0.717) is 12.6 Å². The van der Waals surface area contributed by atoms with Crippen LogP contribution in [0.15, 0.2) is 30.3 Å². The monoisotopic (exact) mass is 330 g/mol. The topological polar surface area (TPSA) is 26.7 Å². The van der Waals surface area contributed by atoms with Crippen molar-refractivity contribution in [1.82, 2.24) is 9.80 Å². The van der Waals surface area contributed by atoms with E-state index in [4.69, 9.17) is 0 Å². The van der Waals surface area contributed by atoms with Gasteiger partial charge in [-0.25, -0.2) is 0 Å². The maximum atomic E-state index is 9.54. The maximum absolute atomic E-state index is 9.54. The first-order chi connectivity index (χ1) is 11.9. The molecule has 1 N–H and O–H groups in total. The molecule has 3 rings (SSSR count).